The van der Waals surface area contributed by atoms with Gasteiger partial charge in [-0.15, -0.1) is 10.2 Å². The first-order valence-electron chi connectivity index (χ1n) is 8.05. The van der Waals surface area contributed by atoms with Gasteiger partial charge in [-0.25, -0.2) is 0 Å². The summed E-state index contributed by atoms with van der Waals surface area (Å²) in [5.41, 5.74) is 3.64. The van der Waals surface area contributed by atoms with Crippen molar-refractivity contribution in [3.8, 4) is 0 Å². The van der Waals surface area contributed by atoms with Crippen molar-refractivity contribution in [2.24, 2.45) is 10.2 Å². The summed E-state index contributed by atoms with van der Waals surface area (Å²) >= 11 is 12.2. The Morgan fingerprint density at radius 3 is 1.88 bits per heavy atom. The van der Waals surface area contributed by atoms with E-state index in [2.05, 4.69) is 10.2 Å². The lowest BCUT2D eigenvalue weighted by Gasteiger charge is -2.18. The van der Waals surface area contributed by atoms with Gasteiger partial charge in [0.15, 0.2) is 0 Å². The van der Waals surface area contributed by atoms with Gasteiger partial charge in [-0.3, -0.25) is 4.79 Å². The molecule has 25 heavy (non-hydrogen) atoms. The highest BCUT2D eigenvalue weighted by atomic mass is 35.5. The molecule has 0 saturated heterocycles. The fourth-order valence-electron chi connectivity index (χ4n) is 2.79. The van der Waals surface area contributed by atoms with Crippen LogP contribution in [-0.2, 0) is 4.79 Å². The van der Waals surface area contributed by atoms with Crippen molar-refractivity contribution in [1.82, 2.24) is 4.90 Å². The standard InChI is InChI=1S/C19H17Cl2N3O/c1-3-24(4-2)19(25)11-16-14-7-5-12(20)9-17(14)22-23-18-10-13(21)6-8-15(16)18/h5-11H,3-4H2,1-2H3. The Balaban J connectivity index is 2.22. The normalized spacial score (nSPS) is 12.2. The molecule has 1 amide bonds. The fraction of sp³-hybridized carbons (Fsp3) is 0.211. The number of nitrogens with zero attached hydrogens (tertiary/aromatic N) is 3. The number of amides is 1. The van der Waals surface area contributed by atoms with E-state index in [1.807, 2.05) is 26.0 Å². The van der Waals surface area contributed by atoms with Gasteiger partial charge >= 0.3 is 0 Å². The largest absolute Gasteiger partial charge is 0.340 e. The molecule has 4 nitrogen and oxygen atoms in total. The molecule has 1 aliphatic heterocycles. The van der Waals surface area contributed by atoms with Gasteiger partial charge < -0.3 is 4.90 Å². The van der Waals surface area contributed by atoms with Crippen molar-refractivity contribution < 1.29 is 4.79 Å². The molecule has 1 heterocycles. The molecule has 128 valence electrons. The van der Waals surface area contributed by atoms with Crippen LogP contribution in [0.4, 0.5) is 11.4 Å². The number of fused-ring (bicyclic) bond motifs is 2. The second-order valence-electron chi connectivity index (χ2n) is 5.59. The number of halogens is 2. The number of rotatable bonds is 3. The quantitative estimate of drug-likeness (QED) is 0.517. The Morgan fingerprint density at radius 1 is 0.960 bits per heavy atom. The molecular weight excluding hydrogens is 357 g/mol. The molecule has 0 spiro atoms. The van der Waals surface area contributed by atoms with Crippen LogP contribution < -0.4 is 0 Å². The van der Waals surface area contributed by atoms with Crippen molar-refractivity contribution in [2.75, 3.05) is 13.1 Å². The summed E-state index contributed by atoms with van der Waals surface area (Å²) in [4.78, 5) is 14.4. The maximum absolute atomic E-state index is 12.7. The number of likely N-dealkylation sites (N-methyl/N-ethyl adjacent to an activating group) is 1. The number of hydrogen-bond acceptors (Lipinski definition) is 3. The van der Waals surface area contributed by atoms with Gasteiger partial charge in [0.05, 0.1) is 11.4 Å². The molecule has 2 aromatic carbocycles. The molecule has 0 radical (unpaired) electrons. The van der Waals surface area contributed by atoms with E-state index in [4.69, 9.17) is 23.2 Å². The van der Waals surface area contributed by atoms with E-state index >= 15 is 0 Å². The number of azo groups is 1. The lowest BCUT2D eigenvalue weighted by atomic mass is 9.95. The number of carbonyl (C=O) groups is 1. The van der Waals surface area contributed by atoms with E-state index in [9.17, 15) is 4.79 Å². The van der Waals surface area contributed by atoms with Crippen molar-refractivity contribution >= 4 is 46.1 Å². The highest BCUT2D eigenvalue weighted by molar-refractivity contribution is 6.31. The number of hydrogen-bond donors (Lipinski definition) is 0. The van der Waals surface area contributed by atoms with Crippen LogP contribution in [0.15, 0.2) is 52.7 Å². The molecular formula is C19H17Cl2N3O. The van der Waals surface area contributed by atoms with Crippen molar-refractivity contribution in [3.63, 3.8) is 0 Å². The average molecular weight is 374 g/mol. The number of benzene rings is 2. The van der Waals surface area contributed by atoms with Crippen LogP contribution in [0.5, 0.6) is 0 Å². The molecule has 6 heteroatoms. The summed E-state index contributed by atoms with van der Waals surface area (Å²) < 4.78 is 0. The van der Waals surface area contributed by atoms with Gasteiger partial charge in [0.2, 0.25) is 5.91 Å². The minimum absolute atomic E-state index is 0.0521. The maximum Gasteiger partial charge on any atom is 0.247 e. The molecule has 0 saturated carbocycles. The van der Waals surface area contributed by atoms with Crippen molar-refractivity contribution in [1.29, 1.82) is 0 Å². The zero-order valence-corrected chi connectivity index (χ0v) is 15.5. The van der Waals surface area contributed by atoms with Gasteiger partial charge in [0, 0.05) is 40.3 Å². The summed E-state index contributed by atoms with van der Waals surface area (Å²) in [6, 6.07) is 10.8. The van der Waals surface area contributed by atoms with Gasteiger partial charge in [0.1, 0.15) is 0 Å². The van der Waals surface area contributed by atoms with Crippen LogP contribution in [0.3, 0.4) is 0 Å². The lowest BCUT2D eigenvalue weighted by molar-refractivity contribution is -0.125. The minimum Gasteiger partial charge on any atom is -0.340 e. The van der Waals surface area contributed by atoms with E-state index in [0.29, 0.717) is 34.5 Å². The molecule has 2 aromatic rings. The summed E-state index contributed by atoms with van der Waals surface area (Å²) in [5, 5.41) is 9.71. The SMILES string of the molecule is CCN(CC)C(=O)C=C1c2ccc(Cl)cc2N=Nc2cc(Cl)ccc21. The molecule has 0 atom stereocenters. The minimum atomic E-state index is -0.0521. The number of carbonyl (C=O) groups excluding carboxylic acids is 1. The molecule has 0 aliphatic carbocycles. The summed E-state index contributed by atoms with van der Waals surface area (Å²) in [5.74, 6) is -0.0521. The Hall–Kier alpha value is -2.17. The summed E-state index contributed by atoms with van der Waals surface area (Å²) in [6.07, 6.45) is 1.64. The van der Waals surface area contributed by atoms with Gasteiger partial charge in [-0.1, -0.05) is 35.3 Å². The van der Waals surface area contributed by atoms with E-state index in [-0.39, 0.29) is 5.91 Å². The van der Waals surface area contributed by atoms with Crippen LogP contribution in [0, 0.1) is 0 Å². The fourth-order valence-corrected chi connectivity index (χ4v) is 3.12. The second kappa shape index (κ2) is 7.38. The van der Waals surface area contributed by atoms with Crippen LogP contribution in [0.25, 0.3) is 5.57 Å². The Morgan fingerprint density at radius 2 is 1.44 bits per heavy atom. The maximum atomic E-state index is 12.7. The predicted octanol–water partition coefficient (Wildman–Crippen LogP) is 6.02. The topological polar surface area (TPSA) is 45.0 Å². The molecule has 3 rings (SSSR count). The van der Waals surface area contributed by atoms with E-state index in [0.717, 1.165) is 16.7 Å². The molecule has 1 aliphatic rings. The molecule has 0 fully saturated rings. The third-order valence-corrected chi connectivity index (χ3v) is 4.58. The highest BCUT2D eigenvalue weighted by Crippen LogP contribution is 2.42. The van der Waals surface area contributed by atoms with Gasteiger partial charge in [-0.2, -0.15) is 0 Å². The van der Waals surface area contributed by atoms with E-state index in [1.165, 1.54) is 0 Å². The summed E-state index contributed by atoms with van der Waals surface area (Å²) in [6.45, 7) is 5.21. The smallest absolute Gasteiger partial charge is 0.247 e. The van der Waals surface area contributed by atoms with Crippen LogP contribution in [-0.4, -0.2) is 23.9 Å². The third kappa shape index (κ3) is 3.60. The molecule has 0 aromatic heterocycles. The third-order valence-electron chi connectivity index (χ3n) is 4.11. The van der Waals surface area contributed by atoms with Crippen molar-refractivity contribution in [2.45, 2.75) is 13.8 Å². The monoisotopic (exact) mass is 373 g/mol. The first-order valence-corrected chi connectivity index (χ1v) is 8.81. The zero-order valence-electron chi connectivity index (χ0n) is 14.0. The van der Waals surface area contributed by atoms with Crippen molar-refractivity contribution in [3.05, 3.63) is 63.6 Å². The van der Waals surface area contributed by atoms with Crippen LogP contribution >= 0.6 is 23.2 Å². The lowest BCUT2D eigenvalue weighted by Crippen LogP contribution is -2.29. The molecule has 0 N–H and O–H groups in total. The second-order valence-corrected chi connectivity index (χ2v) is 6.46. The Kier molecular flexibility index (Phi) is 5.21. The van der Waals surface area contributed by atoms with Crippen LogP contribution in [0.2, 0.25) is 10.0 Å². The highest BCUT2D eigenvalue weighted by Gasteiger charge is 2.20. The summed E-state index contributed by atoms with van der Waals surface area (Å²) in [7, 11) is 0. The van der Waals surface area contributed by atoms with E-state index in [1.54, 1.807) is 35.2 Å². The first kappa shape index (κ1) is 17.6. The molecule has 0 bridgehead atoms. The zero-order chi connectivity index (χ0) is 18.0. The Bertz CT molecular complexity index is 829. The predicted molar refractivity (Wildman–Crippen MR) is 102 cm³/mol. The van der Waals surface area contributed by atoms with Crippen LogP contribution in [0.1, 0.15) is 25.0 Å². The first-order chi connectivity index (χ1) is 12.0. The van der Waals surface area contributed by atoms with Gasteiger partial charge in [0.25, 0.3) is 0 Å². The van der Waals surface area contributed by atoms with E-state index < -0.39 is 0 Å². The molecule has 0 unspecified atom stereocenters. The Labute approximate surface area is 156 Å². The van der Waals surface area contributed by atoms with Gasteiger partial charge in [-0.05, 0) is 43.7 Å². The average Bonchev–Trinajstić information content (AvgIpc) is 2.73.